The van der Waals surface area contributed by atoms with Crippen LogP contribution in [0.4, 0.5) is 0 Å². The quantitative estimate of drug-likeness (QED) is 0.508. The molecule has 0 bridgehead atoms. The average Bonchev–Trinajstić information content (AvgIpc) is 2.44. The van der Waals surface area contributed by atoms with Crippen LogP contribution < -0.4 is 0 Å². The molecular formula is C17H14O2. The first kappa shape index (κ1) is 12.8. The van der Waals surface area contributed by atoms with Crippen LogP contribution in [0.5, 0.6) is 5.75 Å². The maximum Gasteiger partial charge on any atom is 0.185 e. The second kappa shape index (κ2) is 6.36. The van der Waals surface area contributed by atoms with Gasteiger partial charge in [0.05, 0.1) is 0 Å². The van der Waals surface area contributed by atoms with Gasteiger partial charge in [-0.1, -0.05) is 60.7 Å². The van der Waals surface area contributed by atoms with Crippen molar-refractivity contribution in [3.05, 3.63) is 84.0 Å². The van der Waals surface area contributed by atoms with E-state index in [9.17, 15) is 9.90 Å². The molecule has 0 saturated heterocycles. The second-order valence-corrected chi connectivity index (χ2v) is 4.04. The van der Waals surface area contributed by atoms with Gasteiger partial charge in [0.1, 0.15) is 5.75 Å². The summed E-state index contributed by atoms with van der Waals surface area (Å²) in [6.45, 7) is 0. The Morgan fingerprint density at radius 1 is 0.947 bits per heavy atom. The summed E-state index contributed by atoms with van der Waals surface area (Å²) in [5.41, 5.74) is 1.56. The first-order chi connectivity index (χ1) is 9.25. The fourth-order valence-electron chi connectivity index (χ4n) is 1.63. The normalized spacial score (nSPS) is 11.2. The van der Waals surface area contributed by atoms with E-state index in [0.29, 0.717) is 5.56 Å². The Labute approximate surface area is 112 Å². The number of ketones is 1. The highest BCUT2D eigenvalue weighted by Crippen LogP contribution is 2.11. The third-order valence-electron chi connectivity index (χ3n) is 2.58. The summed E-state index contributed by atoms with van der Waals surface area (Å²) >= 11 is 0. The number of rotatable bonds is 4. The molecule has 2 nitrogen and oxygen atoms in total. The van der Waals surface area contributed by atoms with E-state index in [1.807, 2.05) is 42.5 Å². The molecule has 2 heteroatoms. The zero-order valence-corrected chi connectivity index (χ0v) is 10.4. The summed E-state index contributed by atoms with van der Waals surface area (Å²) in [5.74, 6) is -0.0345. The number of carbonyl (C=O) groups excluding carboxylic acids is 1. The van der Waals surface area contributed by atoms with Crippen LogP contribution in [0.3, 0.4) is 0 Å². The lowest BCUT2D eigenvalue weighted by Gasteiger charge is -1.95. The first-order valence-corrected chi connectivity index (χ1v) is 5.99. The standard InChI is InChI=1S/C17H14O2/c18-16-11-6-10-15(13-16)17(19)12-5-4-9-14-7-2-1-3-8-14/h1-13,18H/b9-4+,12-5+. The smallest absolute Gasteiger partial charge is 0.185 e. The van der Waals surface area contributed by atoms with E-state index >= 15 is 0 Å². The predicted molar refractivity (Wildman–Crippen MR) is 77.1 cm³/mol. The molecule has 0 radical (unpaired) electrons. The molecule has 0 aliphatic rings. The van der Waals surface area contributed by atoms with E-state index in [1.165, 1.54) is 18.2 Å². The molecule has 19 heavy (non-hydrogen) atoms. The molecule has 0 amide bonds. The van der Waals surface area contributed by atoms with E-state index in [4.69, 9.17) is 0 Å². The van der Waals surface area contributed by atoms with Crippen LogP contribution in [0.2, 0.25) is 0 Å². The Kier molecular flexibility index (Phi) is 4.29. The van der Waals surface area contributed by atoms with E-state index in [2.05, 4.69) is 0 Å². The number of phenolic OH excluding ortho intramolecular Hbond substituents is 1. The van der Waals surface area contributed by atoms with Gasteiger partial charge >= 0.3 is 0 Å². The lowest BCUT2D eigenvalue weighted by atomic mass is 10.1. The topological polar surface area (TPSA) is 37.3 Å². The molecule has 0 saturated carbocycles. The van der Waals surface area contributed by atoms with Crippen molar-refractivity contribution >= 4 is 11.9 Å². The van der Waals surface area contributed by atoms with Gasteiger partial charge in [0.25, 0.3) is 0 Å². The number of phenols is 1. The molecule has 1 N–H and O–H groups in total. The lowest BCUT2D eigenvalue weighted by Crippen LogP contribution is -1.92. The molecule has 0 fully saturated rings. The number of hydrogen-bond acceptors (Lipinski definition) is 2. The first-order valence-electron chi connectivity index (χ1n) is 5.99. The fourth-order valence-corrected chi connectivity index (χ4v) is 1.63. The van der Waals surface area contributed by atoms with Gasteiger partial charge in [0, 0.05) is 5.56 Å². The van der Waals surface area contributed by atoms with Crippen LogP contribution >= 0.6 is 0 Å². The molecular weight excluding hydrogens is 236 g/mol. The average molecular weight is 250 g/mol. The van der Waals surface area contributed by atoms with Crippen molar-refractivity contribution in [2.75, 3.05) is 0 Å². The summed E-state index contributed by atoms with van der Waals surface area (Å²) in [6.07, 6.45) is 6.91. The van der Waals surface area contributed by atoms with Gasteiger partial charge in [-0.15, -0.1) is 0 Å². The molecule has 0 heterocycles. The van der Waals surface area contributed by atoms with Crippen molar-refractivity contribution in [2.45, 2.75) is 0 Å². The summed E-state index contributed by atoms with van der Waals surface area (Å²) in [5, 5.41) is 9.29. The molecule has 0 atom stereocenters. The number of hydrogen-bond donors (Lipinski definition) is 1. The van der Waals surface area contributed by atoms with Gasteiger partial charge in [0.15, 0.2) is 5.78 Å². The van der Waals surface area contributed by atoms with Gasteiger partial charge in [-0.05, 0) is 23.8 Å². The van der Waals surface area contributed by atoms with Crippen LogP contribution in [0.1, 0.15) is 15.9 Å². The van der Waals surface area contributed by atoms with Crippen molar-refractivity contribution in [1.29, 1.82) is 0 Å². The van der Waals surface area contributed by atoms with Crippen LogP contribution in [-0.4, -0.2) is 10.9 Å². The minimum atomic E-state index is -0.131. The van der Waals surface area contributed by atoms with Crippen molar-refractivity contribution in [2.24, 2.45) is 0 Å². The molecule has 2 aromatic carbocycles. The monoisotopic (exact) mass is 250 g/mol. The SMILES string of the molecule is O=C(/C=C/C=C/c1ccccc1)c1cccc(O)c1. The molecule has 0 unspecified atom stereocenters. The van der Waals surface area contributed by atoms with E-state index in [1.54, 1.807) is 18.2 Å². The number of benzene rings is 2. The molecule has 94 valence electrons. The van der Waals surface area contributed by atoms with Crippen LogP contribution in [-0.2, 0) is 0 Å². The predicted octanol–water partition coefficient (Wildman–Crippen LogP) is 3.84. The maximum absolute atomic E-state index is 11.8. The van der Waals surface area contributed by atoms with Gasteiger partial charge in [-0.2, -0.15) is 0 Å². The Balaban J connectivity index is 2.00. The lowest BCUT2D eigenvalue weighted by molar-refractivity contribution is 0.104. The molecule has 0 aliphatic carbocycles. The number of allylic oxidation sites excluding steroid dienone is 3. The van der Waals surface area contributed by atoms with Crippen LogP contribution in [0.15, 0.2) is 72.8 Å². The van der Waals surface area contributed by atoms with Crippen molar-refractivity contribution in [1.82, 2.24) is 0 Å². The van der Waals surface area contributed by atoms with Crippen molar-refractivity contribution in [3.8, 4) is 5.75 Å². The Morgan fingerprint density at radius 2 is 1.74 bits per heavy atom. The molecule has 0 aromatic heterocycles. The van der Waals surface area contributed by atoms with Gasteiger partial charge in [-0.25, -0.2) is 0 Å². The molecule has 0 aliphatic heterocycles. The molecule has 2 rings (SSSR count). The minimum Gasteiger partial charge on any atom is -0.508 e. The maximum atomic E-state index is 11.8. The van der Waals surface area contributed by atoms with Crippen LogP contribution in [0.25, 0.3) is 6.08 Å². The third-order valence-corrected chi connectivity index (χ3v) is 2.58. The zero-order chi connectivity index (χ0) is 13.5. The van der Waals surface area contributed by atoms with Crippen molar-refractivity contribution in [3.63, 3.8) is 0 Å². The molecule has 2 aromatic rings. The van der Waals surface area contributed by atoms with E-state index < -0.39 is 0 Å². The summed E-state index contributed by atoms with van der Waals surface area (Å²) in [7, 11) is 0. The molecule has 0 spiro atoms. The van der Waals surface area contributed by atoms with Crippen LogP contribution in [0, 0.1) is 0 Å². The Hall–Kier alpha value is -2.61. The summed E-state index contributed by atoms with van der Waals surface area (Å²) in [6, 6.07) is 16.2. The second-order valence-electron chi connectivity index (χ2n) is 4.04. The zero-order valence-electron chi connectivity index (χ0n) is 10.4. The Morgan fingerprint density at radius 3 is 2.47 bits per heavy atom. The highest BCUT2D eigenvalue weighted by molar-refractivity contribution is 6.04. The van der Waals surface area contributed by atoms with E-state index in [-0.39, 0.29) is 11.5 Å². The minimum absolute atomic E-state index is 0.0964. The fraction of sp³-hybridized carbons (Fsp3) is 0. The van der Waals surface area contributed by atoms with Gasteiger partial charge in [0.2, 0.25) is 0 Å². The number of carbonyl (C=O) groups is 1. The summed E-state index contributed by atoms with van der Waals surface area (Å²) < 4.78 is 0. The van der Waals surface area contributed by atoms with Crippen molar-refractivity contribution < 1.29 is 9.90 Å². The third kappa shape index (κ3) is 3.96. The highest BCUT2D eigenvalue weighted by atomic mass is 16.3. The van der Waals surface area contributed by atoms with Gasteiger partial charge in [-0.3, -0.25) is 4.79 Å². The van der Waals surface area contributed by atoms with Gasteiger partial charge < -0.3 is 5.11 Å². The highest BCUT2D eigenvalue weighted by Gasteiger charge is 2.00. The largest absolute Gasteiger partial charge is 0.508 e. The Bertz CT molecular complexity index is 610. The van der Waals surface area contributed by atoms with E-state index in [0.717, 1.165) is 5.56 Å². The summed E-state index contributed by atoms with van der Waals surface area (Å²) in [4.78, 5) is 11.8. The number of aromatic hydroxyl groups is 1.